The fraction of sp³-hybridized carbons (Fsp3) is 0.261. The molecule has 0 aliphatic carbocycles. The highest BCUT2D eigenvalue weighted by Crippen LogP contribution is 2.26. The number of anilines is 1. The average molecular weight is 445 g/mol. The van der Waals surface area contributed by atoms with Crippen molar-refractivity contribution in [2.45, 2.75) is 0 Å². The largest absolute Gasteiger partial charge is 0.493 e. The first-order valence-corrected chi connectivity index (χ1v) is 10.6. The van der Waals surface area contributed by atoms with Gasteiger partial charge in [-0.1, -0.05) is 35.5 Å². The highest BCUT2D eigenvalue weighted by Gasteiger charge is 2.25. The maximum atomic E-state index is 12.7. The first-order valence-electron chi connectivity index (χ1n) is 10.6. The maximum absolute atomic E-state index is 12.7. The van der Waals surface area contributed by atoms with Crippen LogP contribution in [0, 0.1) is 0 Å². The van der Waals surface area contributed by atoms with Gasteiger partial charge in [-0.05, 0) is 24.3 Å². The average Bonchev–Trinajstić information content (AvgIpc) is 3.32. The lowest BCUT2D eigenvalue weighted by Crippen LogP contribution is -2.50. The highest BCUT2D eigenvalue weighted by atomic mass is 16.5. The van der Waals surface area contributed by atoms with Crippen LogP contribution >= 0.6 is 0 Å². The van der Waals surface area contributed by atoms with E-state index in [1.54, 1.807) is 28.8 Å². The molecule has 4 aromatic rings. The van der Waals surface area contributed by atoms with Crippen molar-refractivity contribution in [1.82, 2.24) is 29.9 Å². The number of piperazine rings is 1. The summed E-state index contributed by atoms with van der Waals surface area (Å²) < 4.78 is 12.7. The molecule has 33 heavy (non-hydrogen) atoms. The molecule has 0 bridgehead atoms. The van der Waals surface area contributed by atoms with Crippen molar-refractivity contribution in [1.29, 1.82) is 0 Å². The van der Waals surface area contributed by atoms with E-state index < -0.39 is 0 Å². The van der Waals surface area contributed by atoms with E-state index in [1.807, 2.05) is 42.5 Å². The van der Waals surface area contributed by atoms with Gasteiger partial charge in [-0.2, -0.15) is 4.68 Å². The molecule has 10 nitrogen and oxygen atoms in total. The predicted octanol–water partition coefficient (Wildman–Crippen LogP) is 1.95. The third-order valence-corrected chi connectivity index (χ3v) is 5.57. The van der Waals surface area contributed by atoms with Crippen LogP contribution in [0.1, 0.15) is 0 Å². The summed E-state index contributed by atoms with van der Waals surface area (Å²) in [6.45, 7) is 2.35. The number of rotatable bonds is 6. The Morgan fingerprint density at radius 3 is 2.42 bits per heavy atom. The lowest BCUT2D eigenvalue weighted by molar-refractivity contribution is -0.133. The molecule has 1 saturated heterocycles. The van der Waals surface area contributed by atoms with Gasteiger partial charge in [-0.3, -0.25) is 4.79 Å². The molecule has 5 rings (SSSR count). The molecule has 0 radical (unpaired) electrons. The molecule has 0 atom stereocenters. The molecule has 0 saturated carbocycles. The summed E-state index contributed by atoms with van der Waals surface area (Å²) in [4.78, 5) is 25.4. The number of benzene rings is 2. The number of para-hydroxylation sites is 3. The van der Waals surface area contributed by atoms with Gasteiger partial charge in [-0.25, -0.2) is 9.97 Å². The van der Waals surface area contributed by atoms with Gasteiger partial charge in [0.2, 0.25) is 0 Å². The monoisotopic (exact) mass is 445 g/mol. The Morgan fingerprint density at radius 1 is 0.939 bits per heavy atom. The van der Waals surface area contributed by atoms with Crippen LogP contribution in [0.4, 0.5) is 5.82 Å². The van der Waals surface area contributed by atoms with Crippen LogP contribution in [0.3, 0.4) is 0 Å². The van der Waals surface area contributed by atoms with Gasteiger partial charge in [0.1, 0.15) is 6.33 Å². The minimum absolute atomic E-state index is 0.0382. The second kappa shape index (κ2) is 9.11. The number of fused-ring (bicyclic) bond motifs is 1. The second-order valence-electron chi connectivity index (χ2n) is 7.51. The molecule has 1 amide bonds. The fourth-order valence-electron chi connectivity index (χ4n) is 3.85. The Kier molecular flexibility index (Phi) is 5.71. The zero-order valence-electron chi connectivity index (χ0n) is 18.2. The van der Waals surface area contributed by atoms with Gasteiger partial charge in [0.25, 0.3) is 5.91 Å². The number of aromatic nitrogens is 5. The van der Waals surface area contributed by atoms with Gasteiger partial charge >= 0.3 is 0 Å². The van der Waals surface area contributed by atoms with Crippen molar-refractivity contribution in [3.8, 4) is 17.2 Å². The van der Waals surface area contributed by atoms with Crippen molar-refractivity contribution >= 4 is 22.9 Å². The van der Waals surface area contributed by atoms with Crippen molar-refractivity contribution in [3.05, 3.63) is 60.9 Å². The Morgan fingerprint density at radius 2 is 1.67 bits per heavy atom. The number of carbonyl (C=O) groups excluding carboxylic acids is 1. The molecule has 1 fully saturated rings. The normalized spacial score (nSPS) is 13.8. The molecule has 2 aromatic heterocycles. The highest BCUT2D eigenvalue weighted by molar-refractivity contribution is 5.84. The van der Waals surface area contributed by atoms with Crippen LogP contribution in [0.5, 0.6) is 11.5 Å². The Balaban J connectivity index is 1.25. The molecule has 0 N–H and O–H groups in total. The van der Waals surface area contributed by atoms with Gasteiger partial charge in [0.15, 0.2) is 35.1 Å². The standard InChI is InChI=1S/C23H23N7O3/c1-32-18-9-5-6-10-19(18)33-15-20(31)28-11-13-29(14-12-28)22-21-23(25-16-24-22)30(27-26-21)17-7-3-2-4-8-17/h2-10,16H,11-15H2,1H3. The van der Waals surface area contributed by atoms with Gasteiger partial charge in [0, 0.05) is 26.2 Å². The molecular formula is C23H23N7O3. The van der Waals surface area contributed by atoms with Gasteiger partial charge in [0.05, 0.1) is 12.8 Å². The van der Waals surface area contributed by atoms with Crippen LogP contribution < -0.4 is 14.4 Å². The topological polar surface area (TPSA) is 98.5 Å². The minimum atomic E-state index is -0.0663. The van der Waals surface area contributed by atoms with E-state index >= 15 is 0 Å². The SMILES string of the molecule is COc1ccccc1OCC(=O)N1CCN(c2ncnc3c2nnn3-c2ccccc2)CC1. The number of ether oxygens (including phenoxy) is 2. The number of nitrogens with zero attached hydrogens (tertiary/aromatic N) is 7. The lowest BCUT2D eigenvalue weighted by Gasteiger charge is -2.35. The molecule has 0 unspecified atom stereocenters. The summed E-state index contributed by atoms with van der Waals surface area (Å²) in [6, 6.07) is 17.0. The quantitative estimate of drug-likeness (QED) is 0.444. The van der Waals surface area contributed by atoms with Crippen molar-refractivity contribution in [2.75, 3.05) is 44.8 Å². The second-order valence-corrected chi connectivity index (χ2v) is 7.51. The maximum Gasteiger partial charge on any atom is 0.260 e. The van der Waals surface area contributed by atoms with E-state index in [9.17, 15) is 4.79 Å². The predicted molar refractivity (Wildman–Crippen MR) is 122 cm³/mol. The summed E-state index contributed by atoms with van der Waals surface area (Å²) >= 11 is 0. The molecule has 0 spiro atoms. The summed E-state index contributed by atoms with van der Waals surface area (Å²) in [7, 11) is 1.58. The summed E-state index contributed by atoms with van der Waals surface area (Å²) in [6.07, 6.45) is 1.53. The zero-order valence-corrected chi connectivity index (χ0v) is 18.2. The van der Waals surface area contributed by atoms with Crippen molar-refractivity contribution < 1.29 is 14.3 Å². The number of methoxy groups -OCH3 is 1. The Labute approximate surface area is 190 Å². The van der Waals surface area contributed by atoms with E-state index in [-0.39, 0.29) is 12.5 Å². The first-order chi connectivity index (χ1) is 16.2. The van der Waals surface area contributed by atoms with Crippen molar-refractivity contribution in [2.24, 2.45) is 0 Å². The summed E-state index contributed by atoms with van der Waals surface area (Å²) in [5.41, 5.74) is 2.17. The number of hydrogen-bond acceptors (Lipinski definition) is 8. The summed E-state index contributed by atoms with van der Waals surface area (Å²) in [5, 5.41) is 8.62. The molecule has 10 heteroatoms. The molecule has 1 aliphatic rings. The number of carbonyl (C=O) groups is 1. The third-order valence-electron chi connectivity index (χ3n) is 5.57. The lowest BCUT2D eigenvalue weighted by atomic mass is 10.3. The molecular weight excluding hydrogens is 422 g/mol. The van der Waals surface area contributed by atoms with E-state index in [2.05, 4.69) is 25.2 Å². The molecule has 2 aromatic carbocycles. The zero-order chi connectivity index (χ0) is 22.6. The third kappa shape index (κ3) is 4.14. The number of amides is 1. The number of hydrogen-bond donors (Lipinski definition) is 0. The first kappa shape index (κ1) is 20.7. The molecule has 3 heterocycles. The van der Waals surface area contributed by atoms with Gasteiger partial charge < -0.3 is 19.3 Å². The van der Waals surface area contributed by atoms with E-state index in [1.165, 1.54) is 6.33 Å². The van der Waals surface area contributed by atoms with Crippen LogP contribution in [0.25, 0.3) is 16.9 Å². The summed E-state index contributed by atoms with van der Waals surface area (Å²) in [5.74, 6) is 1.81. The van der Waals surface area contributed by atoms with Crippen LogP contribution in [0.15, 0.2) is 60.9 Å². The Bertz CT molecular complexity index is 1250. The van der Waals surface area contributed by atoms with Crippen LogP contribution in [0.2, 0.25) is 0 Å². The van der Waals surface area contributed by atoms with Gasteiger partial charge in [-0.15, -0.1) is 5.10 Å². The van der Waals surface area contributed by atoms with Crippen LogP contribution in [-0.4, -0.2) is 75.7 Å². The smallest absolute Gasteiger partial charge is 0.260 e. The van der Waals surface area contributed by atoms with E-state index in [0.717, 1.165) is 11.5 Å². The van der Waals surface area contributed by atoms with Crippen LogP contribution in [-0.2, 0) is 4.79 Å². The van der Waals surface area contributed by atoms with E-state index in [4.69, 9.17) is 9.47 Å². The molecule has 1 aliphatic heterocycles. The van der Waals surface area contributed by atoms with Crippen molar-refractivity contribution in [3.63, 3.8) is 0 Å². The Hall–Kier alpha value is -4.21. The molecule has 168 valence electrons. The minimum Gasteiger partial charge on any atom is -0.493 e. The fourth-order valence-corrected chi connectivity index (χ4v) is 3.85. The van der Waals surface area contributed by atoms with E-state index in [0.29, 0.717) is 48.8 Å².